The Morgan fingerprint density at radius 2 is 1.64 bits per heavy atom. The molecule has 1 aromatic carbocycles. The molecule has 3 N–H and O–H groups in total. The van der Waals surface area contributed by atoms with Crippen LogP contribution >= 0.6 is 24.0 Å². The van der Waals surface area contributed by atoms with Gasteiger partial charge < -0.3 is 16.0 Å². The zero-order valence-electron chi connectivity index (χ0n) is 16.1. The third-order valence-electron chi connectivity index (χ3n) is 3.91. The Balaban J connectivity index is 0.00000576. The molecule has 0 spiro atoms. The fourth-order valence-corrected chi connectivity index (χ4v) is 2.32. The van der Waals surface area contributed by atoms with Crippen molar-refractivity contribution >= 4 is 35.8 Å². The average Bonchev–Trinajstić information content (AvgIpc) is 2.56. The van der Waals surface area contributed by atoms with Crippen LogP contribution in [0.2, 0.25) is 0 Å². The molecule has 25 heavy (non-hydrogen) atoms. The third-order valence-corrected chi connectivity index (χ3v) is 3.91. The largest absolute Gasteiger partial charge is 0.357 e. The van der Waals surface area contributed by atoms with Crippen molar-refractivity contribution in [3.8, 4) is 0 Å². The van der Waals surface area contributed by atoms with Crippen LogP contribution in [0.15, 0.2) is 29.3 Å². The first-order chi connectivity index (χ1) is 11.4. The lowest BCUT2D eigenvalue weighted by Crippen LogP contribution is -2.42. The van der Waals surface area contributed by atoms with Gasteiger partial charge >= 0.3 is 0 Å². The number of hydrogen-bond donors (Lipinski definition) is 3. The number of carbonyl (C=O) groups excluding carboxylic acids is 1. The molecule has 0 aromatic heterocycles. The van der Waals surface area contributed by atoms with E-state index >= 15 is 0 Å². The highest BCUT2D eigenvalue weighted by Crippen LogP contribution is 2.24. The van der Waals surface area contributed by atoms with Crippen molar-refractivity contribution in [1.82, 2.24) is 16.0 Å². The van der Waals surface area contributed by atoms with Crippen LogP contribution in [0.3, 0.4) is 0 Å². The van der Waals surface area contributed by atoms with E-state index in [9.17, 15) is 4.79 Å². The predicted molar refractivity (Wildman–Crippen MR) is 117 cm³/mol. The highest BCUT2D eigenvalue weighted by molar-refractivity contribution is 14.0. The first-order valence-corrected chi connectivity index (χ1v) is 8.75. The van der Waals surface area contributed by atoms with Gasteiger partial charge in [0.25, 0.3) is 0 Å². The number of guanidine groups is 1. The van der Waals surface area contributed by atoms with Gasteiger partial charge in [-0.15, -0.1) is 24.0 Å². The molecule has 0 saturated heterocycles. The summed E-state index contributed by atoms with van der Waals surface area (Å²) in [6, 6.07) is 8.78. The van der Waals surface area contributed by atoms with Crippen LogP contribution < -0.4 is 16.0 Å². The fraction of sp³-hybridized carbons (Fsp3) is 0.579. The first-order valence-electron chi connectivity index (χ1n) is 8.75. The van der Waals surface area contributed by atoms with Gasteiger partial charge in [0.1, 0.15) is 0 Å². The normalized spacial score (nSPS) is 11.5. The highest BCUT2D eigenvalue weighted by Gasteiger charge is 2.20. The Kier molecular flexibility index (Phi) is 11.5. The summed E-state index contributed by atoms with van der Waals surface area (Å²) in [6.07, 6.45) is 1.06. The number of halogens is 1. The monoisotopic (exact) mass is 460 g/mol. The van der Waals surface area contributed by atoms with Gasteiger partial charge in [0.15, 0.2) is 5.96 Å². The standard InChI is InChI=1S/C19H32N4O.HI/c1-6-16-8-10-17(11-9-16)19(4,5)14-23-18(20-7-2)22-13-12-21-15(3)24;/h8-11H,6-7,12-14H2,1-5H3,(H,21,24)(H2,20,22,23);1H. The summed E-state index contributed by atoms with van der Waals surface area (Å²) in [4.78, 5) is 15.6. The van der Waals surface area contributed by atoms with E-state index in [1.165, 1.54) is 18.1 Å². The molecular formula is C19H33IN4O. The van der Waals surface area contributed by atoms with Crippen LogP contribution in [0.5, 0.6) is 0 Å². The van der Waals surface area contributed by atoms with E-state index in [1.807, 2.05) is 6.92 Å². The second-order valence-corrected chi connectivity index (χ2v) is 6.54. The smallest absolute Gasteiger partial charge is 0.216 e. The lowest BCUT2D eigenvalue weighted by Gasteiger charge is -2.24. The number of amides is 1. The first kappa shape index (κ1) is 23.7. The summed E-state index contributed by atoms with van der Waals surface area (Å²) in [6.45, 7) is 12.9. The van der Waals surface area contributed by atoms with Crippen molar-refractivity contribution in [2.75, 3.05) is 26.2 Å². The van der Waals surface area contributed by atoms with Gasteiger partial charge in [0, 0.05) is 32.0 Å². The van der Waals surface area contributed by atoms with E-state index in [0.717, 1.165) is 18.9 Å². The average molecular weight is 460 g/mol. The topological polar surface area (TPSA) is 65.5 Å². The Morgan fingerprint density at radius 1 is 1.04 bits per heavy atom. The SMILES string of the molecule is CCNC(=NCC(C)(C)c1ccc(CC)cc1)NCCNC(C)=O.I. The number of carbonyl (C=O) groups is 1. The van der Waals surface area contributed by atoms with Crippen molar-refractivity contribution in [1.29, 1.82) is 0 Å². The van der Waals surface area contributed by atoms with E-state index in [-0.39, 0.29) is 35.3 Å². The summed E-state index contributed by atoms with van der Waals surface area (Å²) in [5.41, 5.74) is 2.61. The molecule has 0 radical (unpaired) electrons. The van der Waals surface area contributed by atoms with Crippen molar-refractivity contribution in [3.05, 3.63) is 35.4 Å². The molecule has 5 nitrogen and oxygen atoms in total. The summed E-state index contributed by atoms with van der Waals surface area (Å²) in [7, 11) is 0. The van der Waals surface area contributed by atoms with Crippen molar-refractivity contribution < 1.29 is 4.79 Å². The van der Waals surface area contributed by atoms with Gasteiger partial charge in [0.2, 0.25) is 5.91 Å². The van der Waals surface area contributed by atoms with Gasteiger partial charge in [-0.3, -0.25) is 9.79 Å². The maximum atomic E-state index is 10.9. The minimum Gasteiger partial charge on any atom is -0.357 e. The lowest BCUT2D eigenvalue weighted by molar-refractivity contribution is -0.118. The Bertz CT molecular complexity index is 541. The van der Waals surface area contributed by atoms with E-state index in [4.69, 9.17) is 4.99 Å². The van der Waals surface area contributed by atoms with Crippen LogP contribution in [-0.4, -0.2) is 38.0 Å². The number of aryl methyl sites for hydroxylation is 1. The molecular weight excluding hydrogens is 427 g/mol. The van der Waals surface area contributed by atoms with Crippen LogP contribution in [0.25, 0.3) is 0 Å². The van der Waals surface area contributed by atoms with Crippen LogP contribution in [0, 0.1) is 0 Å². The molecule has 0 aliphatic heterocycles. The molecule has 0 atom stereocenters. The molecule has 0 fully saturated rings. The molecule has 0 heterocycles. The van der Waals surface area contributed by atoms with Crippen molar-refractivity contribution in [2.24, 2.45) is 4.99 Å². The van der Waals surface area contributed by atoms with Crippen LogP contribution in [-0.2, 0) is 16.6 Å². The molecule has 0 aliphatic carbocycles. The number of benzene rings is 1. The zero-order chi connectivity index (χ0) is 18.0. The summed E-state index contributed by atoms with van der Waals surface area (Å²) >= 11 is 0. The number of aliphatic imine (C=N–C) groups is 1. The summed E-state index contributed by atoms with van der Waals surface area (Å²) in [5, 5.41) is 9.25. The predicted octanol–water partition coefficient (Wildman–Crippen LogP) is 2.84. The molecule has 1 aromatic rings. The van der Waals surface area contributed by atoms with Crippen molar-refractivity contribution in [2.45, 2.75) is 46.5 Å². The zero-order valence-corrected chi connectivity index (χ0v) is 18.4. The quantitative estimate of drug-likeness (QED) is 0.242. The molecule has 1 rings (SSSR count). The fourth-order valence-electron chi connectivity index (χ4n) is 2.32. The van der Waals surface area contributed by atoms with Gasteiger partial charge in [-0.2, -0.15) is 0 Å². The van der Waals surface area contributed by atoms with Gasteiger partial charge in [-0.1, -0.05) is 45.0 Å². The van der Waals surface area contributed by atoms with E-state index < -0.39 is 0 Å². The molecule has 142 valence electrons. The maximum absolute atomic E-state index is 10.9. The van der Waals surface area contributed by atoms with Gasteiger partial charge in [-0.25, -0.2) is 0 Å². The number of rotatable bonds is 8. The second kappa shape index (κ2) is 12.1. The Morgan fingerprint density at radius 3 is 2.16 bits per heavy atom. The molecule has 0 aliphatic rings. The van der Waals surface area contributed by atoms with Gasteiger partial charge in [-0.05, 0) is 24.5 Å². The number of nitrogens with one attached hydrogen (secondary N) is 3. The van der Waals surface area contributed by atoms with Crippen molar-refractivity contribution in [3.63, 3.8) is 0 Å². The molecule has 0 bridgehead atoms. The van der Waals surface area contributed by atoms with E-state index in [0.29, 0.717) is 19.6 Å². The number of hydrogen-bond acceptors (Lipinski definition) is 2. The number of nitrogens with zero attached hydrogens (tertiary/aromatic N) is 1. The molecule has 0 saturated carbocycles. The lowest BCUT2D eigenvalue weighted by atomic mass is 9.84. The van der Waals surface area contributed by atoms with Crippen LogP contribution in [0.4, 0.5) is 0 Å². The van der Waals surface area contributed by atoms with E-state index in [1.54, 1.807) is 0 Å². The maximum Gasteiger partial charge on any atom is 0.216 e. The Hall–Kier alpha value is -1.31. The minimum atomic E-state index is -0.0355. The molecule has 6 heteroatoms. The van der Waals surface area contributed by atoms with Crippen LogP contribution in [0.1, 0.15) is 45.7 Å². The Labute approximate surface area is 169 Å². The van der Waals surface area contributed by atoms with Gasteiger partial charge in [0.05, 0.1) is 6.54 Å². The minimum absolute atomic E-state index is 0. The molecule has 1 amide bonds. The third kappa shape index (κ3) is 9.09. The summed E-state index contributed by atoms with van der Waals surface area (Å²) in [5.74, 6) is 0.761. The van der Waals surface area contributed by atoms with E-state index in [2.05, 4.69) is 61.0 Å². The second-order valence-electron chi connectivity index (χ2n) is 6.54. The molecule has 0 unspecified atom stereocenters. The summed E-state index contributed by atoms with van der Waals surface area (Å²) < 4.78 is 0. The highest BCUT2D eigenvalue weighted by atomic mass is 127.